The minimum absolute atomic E-state index is 0.174. The Morgan fingerprint density at radius 2 is 2.03 bits per heavy atom. The highest BCUT2D eigenvalue weighted by molar-refractivity contribution is 6.40. The van der Waals surface area contributed by atoms with Crippen LogP contribution in [0.1, 0.15) is 12.5 Å². The Morgan fingerprint density at radius 3 is 2.76 bits per heavy atom. The van der Waals surface area contributed by atoms with Gasteiger partial charge in [-0.2, -0.15) is 4.98 Å². The van der Waals surface area contributed by atoms with E-state index in [4.69, 9.17) is 32.7 Å². The van der Waals surface area contributed by atoms with Crippen molar-refractivity contribution in [1.82, 2.24) is 20.3 Å². The molecule has 0 radical (unpaired) electrons. The average Bonchev–Trinajstić information content (AvgIpc) is 3.25. The summed E-state index contributed by atoms with van der Waals surface area (Å²) in [5.74, 6) is 0.689. The van der Waals surface area contributed by atoms with Crippen LogP contribution in [0.2, 0.25) is 10.0 Å². The molecule has 1 aromatic carbocycles. The van der Waals surface area contributed by atoms with Crippen molar-refractivity contribution in [1.29, 1.82) is 0 Å². The number of fused-ring (bicyclic) bond motifs is 1. The number of hydrogen-bond acceptors (Lipinski definition) is 7. The molecule has 1 aliphatic heterocycles. The maximum atomic E-state index is 11.6. The zero-order chi connectivity index (χ0) is 23.5. The van der Waals surface area contributed by atoms with Gasteiger partial charge in [-0.3, -0.25) is 4.79 Å². The number of anilines is 1. The summed E-state index contributed by atoms with van der Waals surface area (Å²) < 4.78 is 10.9. The third kappa shape index (κ3) is 4.73. The van der Waals surface area contributed by atoms with Gasteiger partial charge in [0.1, 0.15) is 5.75 Å². The summed E-state index contributed by atoms with van der Waals surface area (Å²) in [4.78, 5) is 25.1. The standard InChI is InChI=1S/C23H23Cl2N5O3/c1-4-12-7-17(32-3)21(25)19(20(12)24)13-6-14-9-27-23(30-22(14)26-8-13)29-16-11-33-10-15(16)28-18(31)5-2/h5-9,15-16H,2,4,10-11H2,1,3H3,(H,28,31)(H,26,27,29,30)/t15-,16+/m0/s1. The van der Waals surface area contributed by atoms with E-state index in [9.17, 15) is 4.79 Å². The van der Waals surface area contributed by atoms with E-state index < -0.39 is 0 Å². The van der Waals surface area contributed by atoms with E-state index in [1.165, 1.54) is 6.08 Å². The average molecular weight is 488 g/mol. The van der Waals surface area contributed by atoms with Gasteiger partial charge in [-0.25, -0.2) is 9.97 Å². The number of nitrogens with zero attached hydrogens (tertiary/aromatic N) is 3. The second-order valence-corrected chi connectivity index (χ2v) is 8.29. The summed E-state index contributed by atoms with van der Waals surface area (Å²) in [5, 5.41) is 7.77. The quantitative estimate of drug-likeness (QED) is 0.485. The summed E-state index contributed by atoms with van der Waals surface area (Å²) in [5.41, 5.74) is 2.84. The number of benzene rings is 1. The second kappa shape index (κ2) is 9.91. The van der Waals surface area contributed by atoms with Gasteiger partial charge in [0.15, 0.2) is 5.65 Å². The molecule has 0 saturated carbocycles. The number of pyridine rings is 1. The van der Waals surface area contributed by atoms with Crippen LogP contribution in [0, 0.1) is 0 Å². The van der Waals surface area contributed by atoms with Crippen LogP contribution in [0.3, 0.4) is 0 Å². The molecule has 0 aliphatic carbocycles. The van der Waals surface area contributed by atoms with Gasteiger partial charge in [0, 0.05) is 28.9 Å². The van der Waals surface area contributed by atoms with Gasteiger partial charge < -0.3 is 20.1 Å². The molecular formula is C23H23Cl2N5O3. The number of aryl methyl sites for hydroxylation is 1. The maximum Gasteiger partial charge on any atom is 0.243 e. The summed E-state index contributed by atoms with van der Waals surface area (Å²) in [6, 6.07) is 3.35. The lowest BCUT2D eigenvalue weighted by molar-refractivity contribution is -0.117. The summed E-state index contributed by atoms with van der Waals surface area (Å²) in [7, 11) is 1.57. The third-order valence-electron chi connectivity index (χ3n) is 5.47. The van der Waals surface area contributed by atoms with Gasteiger partial charge in [0.05, 0.1) is 42.5 Å². The van der Waals surface area contributed by atoms with Crippen molar-refractivity contribution in [3.63, 3.8) is 0 Å². The van der Waals surface area contributed by atoms with E-state index in [1.807, 2.05) is 19.1 Å². The number of carbonyl (C=O) groups is 1. The van der Waals surface area contributed by atoms with E-state index >= 15 is 0 Å². The molecule has 0 bridgehead atoms. The predicted molar refractivity (Wildman–Crippen MR) is 129 cm³/mol. The Morgan fingerprint density at radius 1 is 1.24 bits per heavy atom. The van der Waals surface area contributed by atoms with Crippen molar-refractivity contribution in [2.75, 3.05) is 25.6 Å². The molecule has 1 fully saturated rings. The fourth-order valence-electron chi connectivity index (χ4n) is 3.70. The van der Waals surface area contributed by atoms with Crippen LogP contribution >= 0.6 is 23.2 Å². The minimum atomic E-state index is -0.257. The largest absolute Gasteiger partial charge is 0.495 e. The molecule has 8 nitrogen and oxygen atoms in total. The molecule has 0 unspecified atom stereocenters. The smallest absolute Gasteiger partial charge is 0.243 e. The number of aromatic nitrogens is 3. The normalized spacial score (nSPS) is 17.7. The zero-order valence-electron chi connectivity index (χ0n) is 18.2. The summed E-state index contributed by atoms with van der Waals surface area (Å²) in [6.45, 7) is 6.31. The molecule has 2 aromatic heterocycles. The molecule has 3 aromatic rings. The Bertz CT molecular complexity index is 1190. The molecule has 3 heterocycles. The number of nitrogens with one attached hydrogen (secondary N) is 2. The summed E-state index contributed by atoms with van der Waals surface area (Å²) >= 11 is 13.2. The molecule has 2 N–H and O–H groups in total. The highest BCUT2D eigenvalue weighted by Gasteiger charge is 2.29. The molecular weight excluding hydrogens is 465 g/mol. The van der Waals surface area contributed by atoms with Crippen LogP contribution in [0.4, 0.5) is 5.95 Å². The van der Waals surface area contributed by atoms with E-state index in [0.717, 1.165) is 22.9 Å². The van der Waals surface area contributed by atoms with E-state index in [1.54, 1.807) is 19.5 Å². The van der Waals surface area contributed by atoms with Crippen molar-refractivity contribution in [2.45, 2.75) is 25.4 Å². The summed E-state index contributed by atoms with van der Waals surface area (Å²) in [6.07, 6.45) is 5.32. The monoisotopic (exact) mass is 487 g/mol. The molecule has 1 saturated heterocycles. The van der Waals surface area contributed by atoms with Gasteiger partial charge in [-0.15, -0.1) is 0 Å². The van der Waals surface area contributed by atoms with Crippen LogP contribution in [-0.2, 0) is 16.0 Å². The third-order valence-corrected chi connectivity index (χ3v) is 6.28. The van der Waals surface area contributed by atoms with Crippen LogP contribution in [0.25, 0.3) is 22.2 Å². The number of halogens is 2. The first-order valence-electron chi connectivity index (χ1n) is 10.4. The second-order valence-electron chi connectivity index (χ2n) is 7.53. The number of hydrogen-bond donors (Lipinski definition) is 2. The van der Waals surface area contributed by atoms with Crippen molar-refractivity contribution < 1.29 is 14.3 Å². The number of amides is 1. The highest BCUT2D eigenvalue weighted by atomic mass is 35.5. The van der Waals surface area contributed by atoms with E-state index in [-0.39, 0.29) is 18.0 Å². The number of carbonyl (C=O) groups excluding carboxylic acids is 1. The molecule has 1 amide bonds. The zero-order valence-corrected chi connectivity index (χ0v) is 19.7. The number of methoxy groups -OCH3 is 1. The van der Waals surface area contributed by atoms with Gasteiger partial charge >= 0.3 is 0 Å². The molecule has 4 rings (SSSR count). The topological polar surface area (TPSA) is 98.3 Å². The number of rotatable bonds is 7. The highest BCUT2D eigenvalue weighted by Crippen LogP contribution is 2.43. The Kier molecular flexibility index (Phi) is 6.97. The molecule has 0 spiro atoms. The van der Waals surface area contributed by atoms with Gasteiger partial charge in [0.2, 0.25) is 11.9 Å². The fourth-order valence-corrected chi connectivity index (χ4v) is 4.48. The Hall–Kier alpha value is -2.94. The van der Waals surface area contributed by atoms with E-state index in [0.29, 0.717) is 46.2 Å². The number of ether oxygens (including phenoxy) is 2. The van der Waals surface area contributed by atoms with Crippen LogP contribution in [0.15, 0.2) is 37.2 Å². The van der Waals surface area contributed by atoms with Gasteiger partial charge in [-0.05, 0) is 30.2 Å². The van der Waals surface area contributed by atoms with E-state index in [2.05, 4.69) is 32.2 Å². The van der Waals surface area contributed by atoms with Crippen LogP contribution in [-0.4, -0.2) is 53.3 Å². The Labute approximate surface area is 201 Å². The lowest BCUT2D eigenvalue weighted by Gasteiger charge is -2.19. The van der Waals surface area contributed by atoms with Crippen LogP contribution in [0.5, 0.6) is 5.75 Å². The first kappa shape index (κ1) is 23.2. The molecule has 10 heteroatoms. The van der Waals surface area contributed by atoms with Crippen molar-refractivity contribution >= 4 is 46.1 Å². The van der Waals surface area contributed by atoms with Crippen molar-refractivity contribution in [3.8, 4) is 16.9 Å². The molecule has 172 valence electrons. The molecule has 2 atom stereocenters. The van der Waals surface area contributed by atoms with Gasteiger partial charge in [0.25, 0.3) is 0 Å². The molecule has 33 heavy (non-hydrogen) atoms. The maximum absolute atomic E-state index is 11.6. The first-order chi connectivity index (χ1) is 15.9. The Balaban J connectivity index is 1.63. The molecule has 1 aliphatic rings. The minimum Gasteiger partial charge on any atom is -0.495 e. The lowest BCUT2D eigenvalue weighted by atomic mass is 10.0. The van der Waals surface area contributed by atoms with Crippen LogP contribution < -0.4 is 15.4 Å². The fraction of sp³-hybridized carbons (Fsp3) is 0.304. The van der Waals surface area contributed by atoms with Gasteiger partial charge in [-0.1, -0.05) is 36.7 Å². The van der Waals surface area contributed by atoms with Crippen molar-refractivity contribution in [2.24, 2.45) is 0 Å². The predicted octanol–water partition coefficient (Wildman–Crippen LogP) is 4.05. The first-order valence-corrected chi connectivity index (χ1v) is 11.2. The van der Waals surface area contributed by atoms with Crippen molar-refractivity contribution in [3.05, 3.63) is 52.8 Å². The SMILES string of the molecule is C=CC(=O)N[C@H]1COC[C@H]1Nc1ncc2cc(-c3c(Cl)c(CC)cc(OC)c3Cl)cnc2n1. The lowest BCUT2D eigenvalue weighted by Crippen LogP contribution is -2.45.